The van der Waals surface area contributed by atoms with E-state index in [-0.39, 0.29) is 0 Å². The van der Waals surface area contributed by atoms with Crippen LogP contribution in [0.15, 0.2) is 182 Å². The van der Waals surface area contributed by atoms with E-state index in [0.717, 1.165) is 56.6 Å². The second-order valence-electron chi connectivity index (χ2n) is 10.8. The Balaban J connectivity index is 1.22. The van der Waals surface area contributed by atoms with Crippen LogP contribution < -0.4 is 9.80 Å². The summed E-state index contributed by atoms with van der Waals surface area (Å²) in [7, 11) is 0. The largest absolute Gasteiger partial charge is 0.311 e. The van der Waals surface area contributed by atoms with Gasteiger partial charge in [0.15, 0.2) is 0 Å². The van der Waals surface area contributed by atoms with Crippen LogP contribution in [0, 0.1) is 11.3 Å². The Bertz CT molecular complexity index is 1850. The highest BCUT2D eigenvalue weighted by Gasteiger charge is 2.15. The molecule has 0 saturated carbocycles. The van der Waals surface area contributed by atoms with Gasteiger partial charge in [0, 0.05) is 45.3 Å². The third kappa shape index (κ3) is 5.99. The minimum atomic E-state index is 0.568. The highest BCUT2D eigenvalue weighted by molar-refractivity contribution is 5.80. The number of aromatic nitrogens is 1. The molecule has 0 saturated heterocycles. The van der Waals surface area contributed by atoms with Gasteiger partial charge < -0.3 is 9.80 Å². The number of benzene rings is 6. The van der Waals surface area contributed by atoms with Gasteiger partial charge in [-0.2, -0.15) is 5.26 Å². The van der Waals surface area contributed by atoms with Crippen molar-refractivity contribution < 1.29 is 0 Å². The Labute approximate surface area is 269 Å². The van der Waals surface area contributed by atoms with Crippen LogP contribution in [0.5, 0.6) is 0 Å². The lowest BCUT2D eigenvalue weighted by molar-refractivity contribution is 1.27. The fourth-order valence-corrected chi connectivity index (χ4v) is 5.66. The molecule has 7 aromatic rings. The van der Waals surface area contributed by atoms with E-state index >= 15 is 0 Å². The van der Waals surface area contributed by atoms with Crippen molar-refractivity contribution in [3.05, 3.63) is 188 Å². The van der Waals surface area contributed by atoms with Gasteiger partial charge in [0.2, 0.25) is 0 Å². The standard InChI is InChI=1S/C42H30N4/c43-31-32-29-41(33-21-25-39(26-22-33)45(35-13-5-1-6-14-35)36-15-7-2-8-16-36)44-42(30-32)34-23-27-40(28-24-34)46(37-17-9-3-10-18-37)38-19-11-4-12-20-38/h1-30H. The molecule has 0 bridgehead atoms. The minimum Gasteiger partial charge on any atom is -0.311 e. The fourth-order valence-electron chi connectivity index (χ4n) is 5.66. The number of hydrogen-bond acceptors (Lipinski definition) is 4. The van der Waals surface area contributed by atoms with Crippen LogP contribution in [0.25, 0.3) is 22.5 Å². The number of pyridine rings is 1. The first-order valence-electron chi connectivity index (χ1n) is 15.2. The lowest BCUT2D eigenvalue weighted by Crippen LogP contribution is -2.09. The van der Waals surface area contributed by atoms with Crippen LogP contribution in [0.3, 0.4) is 0 Å². The van der Waals surface area contributed by atoms with Gasteiger partial charge >= 0.3 is 0 Å². The summed E-state index contributed by atoms with van der Waals surface area (Å²) in [6.07, 6.45) is 0. The van der Waals surface area contributed by atoms with Gasteiger partial charge in [-0.3, -0.25) is 0 Å². The Morgan fingerprint density at radius 2 is 0.652 bits per heavy atom. The first-order valence-corrected chi connectivity index (χ1v) is 15.2. The van der Waals surface area contributed by atoms with E-state index in [0.29, 0.717) is 5.56 Å². The van der Waals surface area contributed by atoms with Crippen molar-refractivity contribution in [2.45, 2.75) is 0 Å². The molecule has 0 atom stereocenters. The summed E-state index contributed by atoms with van der Waals surface area (Å²) >= 11 is 0. The molecular formula is C42H30N4. The summed E-state index contributed by atoms with van der Waals surface area (Å²) in [5.74, 6) is 0. The molecule has 0 aliphatic carbocycles. The zero-order valence-corrected chi connectivity index (χ0v) is 25.1. The molecule has 0 unspecified atom stereocenters. The van der Waals surface area contributed by atoms with Crippen molar-refractivity contribution in [2.24, 2.45) is 0 Å². The molecule has 46 heavy (non-hydrogen) atoms. The molecule has 0 fully saturated rings. The molecule has 0 N–H and O–H groups in total. The van der Waals surface area contributed by atoms with Gasteiger partial charge in [-0.15, -0.1) is 0 Å². The van der Waals surface area contributed by atoms with Crippen molar-refractivity contribution in [1.29, 1.82) is 5.26 Å². The average molecular weight is 591 g/mol. The van der Waals surface area contributed by atoms with Gasteiger partial charge in [-0.25, -0.2) is 4.98 Å². The van der Waals surface area contributed by atoms with E-state index < -0.39 is 0 Å². The van der Waals surface area contributed by atoms with E-state index in [9.17, 15) is 5.26 Å². The molecule has 0 aliphatic heterocycles. The number of rotatable bonds is 8. The first kappa shape index (κ1) is 28.3. The molecule has 7 rings (SSSR count). The summed E-state index contributed by atoms with van der Waals surface area (Å²) in [6, 6.07) is 64.1. The van der Waals surface area contributed by atoms with Crippen LogP contribution in [-0.2, 0) is 0 Å². The van der Waals surface area contributed by atoms with Crippen molar-refractivity contribution in [3.8, 4) is 28.6 Å². The topological polar surface area (TPSA) is 43.2 Å². The Hall–Kier alpha value is -6.44. The van der Waals surface area contributed by atoms with E-state index in [1.165, 1.54) is 0 Å². The molecule has 6 aromatic carbocycles. The molecule has 0 aliphatic rings. The molecule has 0 radical (unpaired) electrons. The fraction of sp³-hybridized carbons (Fsp3) is 0. The molecule has 4 nitrogen and oxygen atoms in total. The molecule has 218 valence electrons. The summed E-state index contributed by atoms with van der Waals surface area (Å²) < 4.78 is 0. The van der Waals surface area contributed by atoms with Crippen LogP contribution in [0.1, 0.15) is 5.56 Å². The van der Waals surface area contributed by atoms with Crippen LogP contribution in [-0.4, -0.2) is 4.98 Å². The predicted octanol–water partition coefficient (Wildman–Crippen LogP) is 11.2. The number of nitrogens with zero attached hydrogens (tertiary/aromatic N) is 4. The van der Waals surface area contributed by atoms with E-state index in [4.69, 9.17) is 4.98 Å². The Morgan fingerprint density at radius 3 is 0.935 bits per heavy atom. The molecule has 4 heteroatoms. The number of para-hydroxylation sites is 4. The highest BCUT2D eigenvalue weighted by Crippen LogP contribution is 2.37. The summed E-state index contributed by atoms with van der Waals surface area (Å²) in [6.45, 7) is 0. The zero-order chi connectivity index (χ0) is 31.1. The SMILES string of the molecule is N#Cc1cc(-c2ccc(N(c3ccccc3)c3ccccc3)cc2)nc(-c2ccc(N(c3ccccc3)c3ccccc3)cc2)c1. The Kier molecular flexibility index (Phi) is 8.04. The monoisotopic (exact) mass is 590 g/mol. The van der Waals surface area contributed by atoms with E-state index in [2.05, 4.69) is 113 Å². The maximum absolute atomic E-state index is 9.93. The second kappa shape index (κ2) is 13.1. The van der Waals surface area contributed by atoms with Crippen LogP contribution >= 0.6 is 0 Å². The lowest BCUT2D eigenvalue weighted by Gasteiger charge is -2.25. The molecular weight excluding hydrogens is 560 g/mol. The third-order valence-corrected chi connectivity index (χ3v) is 7.85. The number of anilines is 6. The number of hydrogen-bond donors (Lipinski definition) is 0. The first-order chi connectivity index (χ1) is 22.8. The molecule has 1 aromatic heterocycles. The van der Waals surface area contributed by atoms with Gasteiger partial charge in [-0.1, -0.05) is 97.1 Å². The van der Waals surface area contributed by atoms with Crippen LogP contribution in [0.4, 0.5) is 34.1 Å². The molecule has 0 spiro atoms. The third-order valence-electron chi connectivity index (χ3n) is 7.85. The lowest BCUT2D eigenvalue weighted by atomic mass is 10.0. The minimum absolute atomic E-state index is 0.568. The Morgan fingerprint density at radius 1 is 0.370 bits per heavy atom. The molecule has 0 amide bonds. The van der Waals surface area contributed by atoms with Crippen molar-refractivity contribution in [3.63, 3.8) is 0 Å². The second-order valence-corrected chi connectivity index (χ2v) is 10.8. The predicted molar refractivity (Wildman–Crippen MR) is 189 cm³/mol. The normalized spacial score (nSPS) is 10.6. The van der Waals surface area contributed by atoms with Gasteiger partial charge in [-0.05, 0) is 84.9 Å². The van der Waals surface area contributed by atoms with Gasteiger partial charge in [0.1, 0.15) is 0 Å². The van der Waals surface area contributed by atoms with Crippen LogP contribution in [0.2, 0.25) is 0 Å². The summed E-state index contributed by atoms with van der Waals surface area (Å²) in [5.41, 5.74) is 10.4. The summed E-state index contributed by atoms with van der Waals surface area (Å²) in [4.78, 5) is 9.48. The maximum atomic E-state index is 9.93. The van der Waals surface area contributed by atoms with Gasteiger partial charge in [0.25, 0.3) is 0 Å². The van der Waals surface area contributed by atoms with Gasteiger partial charge in [0.05, 0.1) is 23.0 Å². The van der Waals surface area contributed by atoms with Crippen molar-refractivity contribution in [1.82, 2.24) is 4.98 Å². The zero-order valence-electron chi connectivity index (χ0n) is 25.1. The van der Waals surface area contributed by atoms with Crippen molar-refractivity contribution >= 4 is 34.1 Å². The number of nitriles is 1. The van der Waals surface area contributed by atoms with E-state index in [1.54, 1.807) is 0 Å². The average Bonchev–Trinajstić information content (AvgIpc) is 3.14. The molecule has 1 heterocycles. The van der Waals surface area contributed by atoms with Crippen molar-refractivity contribution in [2.75, 3.05) is 9.80 Å². The maximum Gasteiger partial charge on any atom is 0.0993 e. The highest BCUT2D eigenvalue weighted by atomic mass is 15.1. The van der Waals surface area contributed by atoms with E-state index in [1.807, 2.05) is 84.9 Å². The summed E-state index contributed by atoms with van der Waals surface area (Å²) in [5, 5.41) is 9.93. The quantitative estimate of drug-likeness (QED) is 0.177. The smallest absolute Gasteiger partial charge is 0.0993 e.